The number of halogens is 2. The maximum absolute atomic E-state index is 11.3. The highest BCUT2D eigenvalue weighted by Gasteiger charge is 2.02. The fourth-order valence-corrected chi connectivity index (χ4v) is 1.33. The number of nitrogens with one attached hydrogen (secondary N) is 1. The van der Waals surface area contributed by atoms with Crippen LogP contribution in [0.3, 0.4) is 0 Å². The Labute approximate surface area is 111 Å². The molecule has 0 saturated heterocycles. The Hall–Kier alpha value is -0.810. The van der Waals surface area contributed by atoms with Crippen molar-refractivity contribution in [2.75, 3.05) is 13.2 Å². The van der Waals surface area contributed by atoms with E-state index >= 15 is 0 Å². The van der Waals surface area contributed by atoms with E-state index in [-0.39, 0.29) is 12.5 Å². The smallest absolute Gasteiger partial charge is 0.258 e. The fraction of sp³-hybridized carbons (Fsp3) is 0.182. The molecule has 0 heterocycles. The first-order valence-corrected chi connectivity index (χ1v) is 6.15. The zero-order valence-corrected chi connectivity index (χ0v) is 11.7. The maximum Gasteiger partial charge on any atom is 0.258 e. The largest absolute Gasteiger partial charge is 0.484 e. The van der Waals surface area contributed by atoms with Gasteiger partial charge < -0.3 is 10.1 Å². The lowest BCUT2D eigenvalue weighted by Gasteiger charge is -2.06. The third kappa shape index (κ3) is 5.32. The van der Waals surface area contributed by atoms with Crippen molar-refractivity contribution in [1.82, 2.24) is 5.32 Å². The molecule has 5 heteroatoms. The average molecular weight is 349 g/mol. The molecule has 0 spiro atoms. The molecule has 0 atom stereocenters. The average Bonchev–Trinajstić information content (AvgIpc) is 2.25. The van der Waals surface area contributed by atoms with Crippen molar-refractivity contribution in [3.8, 4) is 5.75 Å². The van der Waals surface area contributed by atoms with E-state index in [1.54, 1.807) is 12.1 Å². The van der Waals surface area contributed by atoms with Gasteiger partial charge in [-0.15, -0.1) is 0 Å². The van der Waals surface area contributed by atoms with Crippen LogP contribution in [0.25, 0.3) is 0 Å². The van der Waals surface area contributed by atoms with Crippen LogP contribution in [-0.4, -0.2) is 19.1 Å². The SMILES string of the molecule is C=C(Br)CNC(=O)COc1ccc(Br)cc1. The van der Waals surface area contributed by atoms with Crippen molar-refractivity contribution < 1.29 is 9.53 Å². The highest BCUT2D eigenvalue weighted by atomic mass is 79.9. The molecule has 86 valence electrons. The van der Waals surface area contributed by atoms with E-state index in [0.29, 0.717) is 12.3 Å². The Morgan fingerprint density at radius 2 is 2.00 bits per heavy atom. The fourth-order valence-electron chi connectivity index (χ4n) is 0.925. The van der Waals surface area contributed by atoms with Gasteiger partial charge in [-0.2, -0.15) is 0 Å². The molecule has 1 amide bonds. The second-order valence-electron chi connectivity index (χ2n) is 3.04. The Morgan fingerprint density at radius 1 is 1.38 bits per heavy atom. The van der Waals surface area contributed by atoms with Crippen LogP contribution in [0.4, 0.5) is 0 Å². The highest BCUT2D eigenvalue weighted by Crippen LogP contribution is 2.15. The zero-order chi connectivity index (χ0) is 12.0. The van der Waals surface area contributed by atoms with Crippen LogP contribution < -0.4 is 10.1 Å². The molecular weight excluding hydrogens is 338 g/mol. The van der Waals surface area contributed by atoms with Crippen LogP contribution in [0.2, 0.25) is 0 Å². The predicted octanol–water partition coefficient (Wildman–Crippen LogP) is 2.85. The standard InChI is InChI=1S/C11H11Br2NO2/c1-8(12)6-14-11(15)7-16-10-4-2-9(13)3-5-10/h2-5H,1,6-7H2,(H,14,15). The van der Waals surface area contributed by atoms with Crippen molar-refractivity contribution in [3.63, 3.8) is 0 Å². The molecule has 0 aliphatic carbocycles. The summed E-state index contributed by atoms with van der Waals surface area (Å²) in [4.78, 5) is 11.3. The summed E-state index contributed by atoms with van der Waals surface area (Å²) in [6.07, 6.45) is 0. The summed E-state index contributed by atoms with van der Waals surface area (Å²) >= 11 is 6.47. The summed E-state index contributed by atoms with van der Waals surface area (Å²) in [6.45, 7) is 4.02. The summed E-state index contributed by atoms with van der Waals surface area (Å²) in [5.41, 5.74) is 0. The molecule has 0 saturated carbocycles. The minimum Gasteiger partial charge on any atom is -0.484 e. The first-order valence-electron chi connectivity index (χ1n) is 4.56. The van der Waals surface area contributed by atoms with Gasteiger partial charge >= 0.3 is 0 Å². The van der Waals surface area contributed by atoms with Gasteiger partial charge in [-0.3, -0.25) is 4.79 Å². The molecule has 0 aliphatic heterocycles. The molecule has 1 N–H and O–H groups in total. The van der Waals surface area contributed by atoms with E-state index in [0.717, 1.165) is 8.96 Å². The number of carbonyl (C=O) groups is 1. The van der Waals surface area contributed by atoms with E-state index in [4.69, 9.17) is 4.74 Å². The number of hydrogen-bond donors (Lipinski definition) is 1. The van der Waals surface area contributed by atoms with Gasteiger partial charge in [0.15, 0.2) is 6.61 Å². The van der Waals surface area contributed by atoms with E-state index in [1.807, 2.05) is 12.1 Å². The number of rotatable bonds is 5. The molecular formula is C11H11Br2NO2. The van der Waals surface area contributed by atoms with Crippen LogP contribution in [0.5, 0.6) is 5.75 Å². The van der Waals surface area contributed by atoms with Gasteiger partial charge in [0.25, 0.3) is 5.91 Å². The quantitative estimate of drug-likeness (QED) is 0.888. The number of ether oxygens (including phenoxy) is 1. The predicted molar refractivity (Wildman–Crippen MR) is 70.7 cm³/mol. The van der Waals surface area contributed by atoms with Crippen LogP contribution in [-0.2, 0) is 4.79 Å². The molecule has 16 heavy (non-hydrogen) atoms. The second-order valence-corrected chi connectivity index (χ2v) is 5.07. The first-order chi connectivity index (χ1) is 7.58. The van der Waals surface area contributed by atoms with Gasteiger partial charge in [0, 0.05) is 15.5 Å². The molecule has 0 fully saturated rings. The van der Waals surface area contributed by atoms with E-state index < -0.39 is 0 Å². The molecule has 0 bridgehead atoms. The lowest BCUT2D eigenvalue weighted by atomic mass is 10.3. The number of hydrogen-bond acceptors (Lipinski definition) is 2. The van der Waals surface area contributed by atoms with Crippen LogP contribution >= 0.6 is 31.9 Å². The lowest BCUT2D eigenvalue weighted by molar-refractivity contribution is -0.122. The zero-order valence-electron chi connectivity index (χ0n) is 8.50. The van der Waals surface area contributed by atoms with E-state index in [1.165, 1.54) is 0 Å². The van der Waals surface area contributed by atoms with E-state index in [2.05, 4.69) is 43.8 Å². The maximum atomic E-state index is 11.3. The van der Waals surface area contributed by atoms with Crippen LogP contribution in [0.1, 0.15) is 0 Å². The first kappa shape index (κ1) is 13.3. The van der Waals surface area contributed by atoms with E-state index in [9.17, 15) is 4.79 Å². The molecule has 0 aliphatic rings. The molecule has 0 unspecified atom stereocenters. The molecule has 0 aromatic heterocycles. The normalized spacial score (nSPS) is 9.62. The number of amides is 1. The third-order valence-electron chi connectivity index (χ3n) is 1.66. The van der Waals surface area contributed by atoms with Crippen molar-refractivity contribution in [3.05, 3.63) is 39.8 Å². The van der Waals surface area contributed by atoms with Gasteiger partial charge in [-0.25, -0.2) is 0 Å². The summed E-state index contributed by atoms with van der Waals surface area (Å²) < 4.78 is 6.98. The summed E-state index contributed by atoms with van der Waals surface area (Å²) in [6, 6.07) is 7.29. The topological polar surface area (TPSA) is 38.3 Å². The summed E-state index contributed by atoms with van der Waals surface area (Å²) in [5.74, 6) is 0.486. The highest BCUT2D eigenvalue weighted by molar-refractivity contribution is 9.11. The third-order valence-corrected chi connectivity index (χ3v) is 2.47. The monoisotopic (exact) mass is 347 g/mol. The summed E-state index contributed by atoms with van der Waals surface area (Å²) in [7, 11) is 0. The van der Waals surface area contributed by atoms with Crippen molar-refractivity contribution >= 4 is 37.8 Å². The Balaban J connectivity index is 2.31. The van der Waals surface area contributed by atoms with Gasteiger partial charge in [-0.1, -0.05) is 38.4 Å². The van der Waals surface area contributed by atoms with Gasteiger partial charge in [0.05, 0.1) is 0 Å². The summed E-state index contributed by atoms with van der Waals surface area (Å²) in [5, 5.41) is 2.64. The molecule has 1 aromatic rings. The van der Waals surface area contributed by atoms with Crippen molar-refractivity contribution in [2.45, 2.75) is 0 Å². The van der Waals surface area contributed by atoms with Gasteiger partial charge in [-0.05, 0) is 24.3 Å². The lowest BCUT2D eigenvalue weighted by Crippen LogP contribution is -2.29. The van der Waals surface area contributed by atoms with Gasteiger partial charge in [0.1, 0.15) is 5.75 Å². The van der Waals surface area contributed by atoms with Gasteiger partial charge in [0.2, 0.25) is 0 Å². The van der Waals surface area contributed by atoms with Crippen molar-refractivity contribution in [1.29, 1.82) is 0 Å². The van der Waals surface area contributed by atoms with Crippen molar-refractivity contribution in [2.24, 2.45) is 0 Å². The van der Waals surface area contributed by atoms with Crippen LogP contribution in [0.15, 0.2) is 39.8 Å². The number of carbonyl (C=O) groups excluding carboxylic acids is 1. The molecule has 3 nitrogen and oxygen atoms in total. The molecule has 1 rings (SSSR count). The minimum atomic E-state index is -0.177. The second kappa shape index (κ2) is 6.70. The minimum absolute atomic E-state index is 0.00190. The number of benzene rings is 1. The Kier molecular flexibility index (Phi) is 5.55. The molecule has 1 aromatic carbocycles. The molecule has 0 radical (unpaired) electrons. The Bertz CT molecular complexity index is 376. The van der Waals surface area contributed by atoms with Crippen LogP contribution in [0, 0.1) is 0 Å². The Morgan fingerprint density at radius 3 is 2.56 bits per heavy atom.